The Hall–Kier alpha value is -1.17. The van der Waals surface area contributed by atoms with Crippen LogP contribution in [0, 0.1) is 5.82 Å². The van der Waals surface area contributed by atoms with Gasteiger partial charge in [-0.25, -0.2) is 4.39 Å². The maximum absolute atomic E-state index is 14.2. The minimum atomic E-state index is -0.201. The SMILES string of the molecule is COc1cc(F)c2c(c1)C(CN)N(CC1CCCO1)C2. The second kappa shape index (κ2) is 5.68. The predicted molar refractivity (Wildman–Crippen MR) is 74.1 cm³/mol. The van der Waals surface area contributed by atoms with E-state index < -0.39 is 0 Å². The zero-order valence-corrected chi connectivity index (χ0v) is 11.8. The predicted octanol–water partition coefficient (Wildman–Crippen LogP) is 1.83. The molecule has 2 heterocycles. The third-order valence-electron chi connectivity index (χ3n) is 4.29. The molecule has 20 heavy (non-hydrogen) atoms. The van der Waals surface area contributed by atoms with Crippen LogP contribution in [0.3, 0.4) is 0 Å². The first-order chi connectivity index (χ1) is 9.72. The molecule has 1 fully saturated rings. The van der Waals surface area contributed by atoms with Gasteiger partial charge in [0, 0.05) is 43.9 Å². The summed E-state index contributed by atoms with van der Waals surface area (Å²) >= 11 is 0. The molecule has 2 atom stereocenters. The molecule has 0 aromatic heterocycles. The molecular formula is C15H21FN2O2. The van der Waals surface area contributed by atoms with Crippen molar-refractivity contribution in [2.24, 2.45) is 5.73 Å². The molecule has 0 amide bonds. The quantitative estimate of drug-likeness (QED) is 0.914. The van der Waals surface area contributed by atoms with Gasteiger partial charge in [-0.05, 0) is 24.5 Å². The second-order valence-electron chi connectivity index (χ2n) is 5.49. The number of hydrogen-bond acceptors (Lipinski definition) is 4. The highest BCUT2D eigenvalue weighted by atomic mass is 19.1. The highest BCUT2D eigenvalue weighted by molar-refractivity contribution is 5.42. The molecule has 2 unspecified atom stereocenters. The van der Waals surface area contributed by atoms with Crippen LogP contribution in [0.5, 0.6) is 5.75 Å². The summed E-state index contributed by atoms with van der Waals surface area (Å²) in [5, 5.41) is 0. The Morgan fingerprint density at radius 1 is 1.50 bits per heavy atom. The standard InChI is InChI=1S/C15H21FN2O2/c1-19-11-5-12-13(14(16)6-11)9-18(15(12)7-17)8-10-3-2-4-20-10/h5-6,10,15H,2-4,7-9,17H2,1H3. The largest absolute Gasteiger partial charge is 0.497 e. The van der Waals surface area contributed by atoms with E-state index in [1.807, 2.05) is 6.07 Å². The van der Waals surface area contributed by atoms with E-state index in [9.17, 15) is 4.39 Å². The first-order valence-electron chi connectivity index (χ1n) is 7.15. The van der Waals surface area contributed by atoms with E-state index in [1.165, 1.54) is 6.07 Å². The van der Waals surface area contributed by atoms with Crippen molar-refractivity contribution < 1.29 is 13.9 Å². The van der Waals surface area contributed by atoms with Crippen LogP contribution in [0.25, 0.3) is 0 Å². The van der Waals surface area contributed by atoms with Gasteiger partial charge in [0.25, 0.3) is 0 Å². The lowest BCUT2D eigenvalue weighted by Crippen LogP contribution is -2.34. The molecule has 3 rings (SSSR count). The summed E-state index contributed by atoms with van der Waals surface area (Å²) in [6.45, 7) is 2.73. The number of ether oxygens (including phenoxy) is 2. The van der Waals surface area contributed by atoms with Crippen LogP contribution < -0.4 is 10.5 Å². The van der Waals surface area contributed by atoms with E-state index in [1.54, 1.807) is 7.11 Å². The molecule has 0 saturated carbocycles. The van der Waals surface area contributed by atoms with Gasteiger partial charge in [-0.3, -0.25) is 4.90 Å². The summed E-state index contributed by atoms with van der Waals surface area (Å²) < 4.78 is 25.0. The monoisotopic (exact) mass is 280 g/mol. The van der Waals surface area contributed by atoms with Crippen molar-refractivity contribution in [2.45, 2.75) is 31.5 Å². The lowest BCUT2D eigenvalue weighted by atomic mass is 10.0. The molecule has 2 aliphatic rings. The van der Waals surface area contributed by atoms with E-state index in [-0.39, 0.29) is 18.0 Å². The third-order valence-corrected chi connectivity index (χ3v) is 4.29. The Balaban J connectivity index is 1.84. The van der Waals surface area contributed by atoms with Gasteiger partial charge in [0.05, 0.1) is 13.2 Å². The van der Waals surface area contributed by atoms with Gasteiger partial charge in [-0.2, -0.15) is 0 Å². The molecule has 5 heteroatoms. The number of methoxy groups -OCH3 is 1. The van der Waals surface area contributed by atoms with Gasteiger partial charge in [0.1, 0.15) is 11.6 Å². The smallest absolute Gasteiger partial charge is 0.131 e. The summed E-state index contributed by atoms with van der Waals surface area (Å²) in [5.41, 5.74) is 7.62. The van der Waals surface area contributed by atoms with Gasteiger partial charge < -0.3 is 15.2 Å². The van der Waals surface area contributed by atoms with Gasteiger partial charge in [-0.1, -0.05) is 0 Å². The maximum atomic E-state index is 14.2. The molecular weight excluding hydrogens is 259 g/mol. The maximum Gasteiger partial charge on any atom is 0.131 e. The van der Waals surface area contributed by atoms with Crippen molar-refractivity contribution >= 4 is 0 Å². The average Bonchev–Trinajstić information content (AvgIpc) is 3.06. The van der Waals surface area contributed by atoms with Crippen LogP contribution in [0.1, 0.15) is 30.0 Å². The van der Waals surface area contributed by atoms with Crippen molar-refractivity contribution in [1.82, 2.24) is 4.90 Å². The summed E-state index contributed by atoms with van der Waals surface area (Å²) in [7, 11) is 1.55. The van der Waals surface area contributed by atoms with Gasteiger partial charge in [0.2, 0.25) is 0 Å². The van der Waals surface area contributed by atoms with Crippen LogP contribution in [0.15, 0.2) is 12.1 Å². The van der Waals surface area contributed by atoms with Crippen molar-refractivity contribution in [1.29, 1.82) is 0 Å². The number of fused-ring (bicyclic) bond motifs is 1. The number of nitrogens with two attached hydrogens (primary N) is 1. The van der Waals surface area contributed by atoms with Crippen molar-refractivity contribution in [3.05, 3.63) is 29.1 Å². The normalized spacial score (nSPS) is 25.9. The summed E-state index contributed by atoms with van der Waals surface area (Å²) in [6.07, 6.45) is 2.44. The highest BCUT2D eigenvalue weighted by Crippen LogP contribution is 2.37. The minimum Gasteiger partial charge on any atom is -0.497 e. The number of nitrogens with zero attached hydrogens (tertiary/aromatic N) is 1. The summed E-state index contributed by atoms with van der Waals surface area (Å²) in [5.74, 6) is 0.353. The van der Waals surface area contributed by atoms with E-state index in [2.05, 4.69) is 4.90 Å². The lowest BCUT2D eigenvalue weighted by molar-refractivity contribution is 0.0607. The van der Waals surface area contributed by atoms with Crippen molar-refractivity contribution in [3.63, 3.8) is 0 Å². The molecule has 110 valence electrons. The number of rotatable bonds is 4. The van der Waals surface area contributed by atoms with E-state index in [0.717, 1.165) is 37.1 Å². The molecule has 2 N–H and O–H groups in total. The number of hydrogen-bond donors (Lipinski definition) is 1. The van der Waals surface area contributed by atoms with E-state index in [0.29, 0.717) is 18.8 Å². The summed E-state index contributed by atoms with van der Waals surface area (Å²) in [4.78, 5) is 2.23. The molecule has 1 saturated heterocycles. The topological polar surface area (TPSA) is 47.7 Å². The molecule has 0 aliphatic carbocycles. The highest BCUT2D eigenvalue weighted by Gasteiger charge is 2.34. The van der Waals surface area contributed by atoms with Crippen LogP contribution >= 0.6 is 0 Å². The zero-order chi connectivity index (χ0) is 14.1. The van der Waals surface area contributed by atoms with E-state index >= 15 is 0 Å². The Labute approximate surface area is 118 Å². The zero-order valence-electron chi connectivity index (χ0n) is 11.8. The molecule has 2 aliphatic heterocycles. The fraction of sp³-hybridized carbons (Fsp3) is 0.600. The van der Waals surface area contributed by atoms with Crippen molar-refractivity contribution in [3.8, 4) is 5.75 Å². The Kier molecular flexibility index (Phi) is 3.92. The molecule has 4 nitrogen and oxygen atoms in total. The Morgan fingerprint density at radius 3 is 3.00 bits per heavy atom. The van der Waals surface area contributed by atoms with Gasteiger partial charge >= 0.3 is 0 Å². The van der Waals surface area contributed by atoms with Gasteiger partial charge in [-0.15, -0.1) is 0 Å². The first-order valence-corrected chi connectivity index (χ1v) is 7.15. The second-order valence-corrected chi connectivity index (χ2v) is 5.49. The molecule has 1 aromatic rings. The fourth-order valence-electron chi connectivity index (χ4n) is 3.24. The molecule has 0 bridgehead atoms. The lowest BCUT2D eigenvalue weighted by Gasteiger charge is -2.26. The van der Waals surface area contributed by atoms with E-state index in [4.69, 9.17) is 15.2 Å². The third kappa shape index (κ3) is 2.41. The summed E-state index contributed by atoms with van der Waals surface area (Å²) in [6, 6.07) is 3.41. The fourth-order valence-corrected chi connectivity index (χ4v) is 3.24. The van der Waals surface area contributed by atoms with Crippen molar-refractivity contribution in [2.75, 3.05) is 26.8 Å². The minimum absolute atomic E-state index is 0.0544. The van der Waals surface area contributed by atoms with Crippen LogP contribution in [0.4, 0.5) is 4.39 Å². The Morgan fingerprint density at radius 2 is 2.35 bits per heavy atom. The van der Waals surface area contributed by atoms with Crippen LogP contribution in [-0.4, -0.2) is 37.8 Å². The molecule has 0 spiro atoms. The first kappa shape index (κ1) is 13.8. The molecule has 1 aromatic carbocycles. The van der Waals surface area contributed by atoms with Gasteiger partial charge in [0.15, 0.2) is 0 Å². The number of halogens is 1. The average molecular weight is 280 g/mol. The van der Waals surface area contributed by atoms with Crippen LogP contribution in [-0.2, 0) is 11.3 Å². The molecule has 0 radical (unpaired) electrons. The Bertz CT molecular complexity index is 489. The number of benzene rings is 1. The van der Waals surface area contributed by atoms with Crippen LogP contribution in [0.2, 0.25) is 0 Å².